The first-order valence-electron chi connectivity index (χ1n) is 24.7. The Kier molecular flexibility index (Phi) is 32.9. The molecule has 0 aliphatic heterocycles. The molecule has 84 heavy (non-hydrogen) atoms. The first-order chi connectivity index (χ1) is 38.6. The molecule has 0 aliphatic carbocycles. The number of rotatable bonds is 14. The van der Waals surface area contributed by atoms with E-state index >= 15 is 0 Å². The van der Waals surface area contributed by atoms with Gasteiger partial charge in [-0.3, -0.25) is 60.9 Å². The van der Waals surface area contributed by atoms with Gasteiger partial charge >= 0.3 is 76.4 Å². The van der Waals surface area contributed by atoms with Crippen LogP contribution in [0.25, 0.3) is 44.8 Å². The third-order valence-corrected chi connectivity index (χ3v) is 13.9. The molecule has 0 radical (unpaired) electrons. The van der Waals surface area contributed by atoms with E-state index in [0.29, 0.717) is 26.9 Å². The molecule has 463 valence electrons. The number of hydrogen-bond acceptors (Lipinski definition) is 17. The number of aromatic amines is 2. The van der Waals surface area contributed by atoms with Gasteiger partial charge in [-0.05, 0) is 54.0 Å². The van der Waals surface area contributed by atoms with Crippen LogP contribution in [0.5, 0.6) is 0 Å². The molecule has 2 amide bonds. The number of anilines is 1. The predicted octanol–water partition coefficient (Wildman–Crippen LogP) is 10.2. The molecule has 2 aromatic carbocycles. The molecule has 8 aromatic rings. The van der Waals surface area contributed by atoms with Gasteiger partial charge in [-0.15, -0.1) is 22.7 Å². The Morgan fingerprint density at radius 1 is 0.726 bits per heavy atom. The molecule has 33 heteroatoms. The quantitative estimate of drug-likeness (QED) is 0.0499. The predicted molar refractivity (Wildman–Crippen MR) is 344 cm³/mol. The molecule has 8 rings (SSSR count). The summed E-state index contributed by atoms with van der Waals surface area (Å²) >= 11 is 7.13. The Morgan fingerprint density at radius 2 is 1.18 bits per heavy atom. The number of fused-ring (bicyclic) bond motifs is 2. The molecular weight excluding hydrogens is 1440 g/mol. The minimum absolute atomic E-state index is 0. The SMILES string of the molecule is C.C.CC.CC.CCOP(=O)(OC(C)(C)C)OC(C)(C)C.Cn1c(=O)[nH]c(=O)c2c1ncn2CC(=O)N=c1scc(-c2ccccc2)n1COP(=O)(O)O.Cn1c(=O)[nH]c(=O)c2c1ncn2CC(=O)Nc1nc(-c2ccccc2)cs1.[I][V][I]. The van der Waals surface area contributed by atoms with Crippen molar-refractivity contribution in [1.82, 2.24) is 47.8 Å². The molecular formula is C51H74I2N12O14P2S2V. The molecule has 0 atom stereocenters. The molecule has 6 aromatic heterocycles. The van der Waals surface area contributed by atoms with Gasteiger partial charge in [0.15, 0.2) is 32.3 Å². The average Bonchev–Trinajstić information content (AvgIpc) is 3.88. The van der Waals surface area contributed by atoms with Gasteiger partial charge in [-0.2, -0.15) is 4.99 Å². The van der Waals surface area contributed by atoms with Crippen molar-refractivity contribution in [2.75, 3.05) is 11.9 Å². The normalized spacial score (nSPS) is 11.3. The number of carbonyl (C=O) groups is 2. The van der Waals surface area contributed by atoms with E-state index < -0.39 is 62.0 Å². The van der Waals surface area contributed by atoms with Gasteiger partial charge in [0.1, 0.15) is 19.8 Å². The maximum absolute atomic E-state index is 12.7. The van der Waals surface area contributed by atoms with Crippen LogP contribution >= 0.6 is 78.3 Å². The fourth-order valence-electron chi connectivity index (χ4n) is 6.70. The van der Waals surface area contributed by atoms with Crippen LogP contribution in [0.4, 0.5) is 5.13 Å². The van der Waals surface area contributed by atoms with Crippen molar-refractivity contribution in [3.05, 3.63) is 131 Å². The fraction of sp³-hybridized carbons (Fsp3) is 0.412. The minimum atomic E-state index is -4.78. The third kappa shape index (κ3) is 23.8. The molecule has 26 nitrogen and oxygen atoms in total. The Balaban J connectivity index is 0.000000623. The van der Waals surface area contributed by atoms with Gasteiger partial charge in [0.2, 0.25) is 5.91 Å². The Bertz CT molecular complexity index is 3760. The number of aryl methyl sites for hydroxylation is 2. The zero-order valence-corrected chi connectivity index (χ0v) is 56.3. The van der Waals surface area contributed by atoms with E-state index in [4.69, 9.17) is 23.4 Å². The number of nitrogens with zero attached hydrogens (tertiary/aromatic N) is 9. The van der Waals surface area contributed by atoms with Gasteiger partial charge in [-0.1, -0.05) is 103 Å². The topological polar surface area (TPSA) is 333 Å². The first-order valence-corrected chi connectivity index (χ1v) is 38.5. The second-order valence-electron chi connectivity index (χ2n) is 18.0. The number of imidazole rings is 2. The Morgan fingerprint density at radius 3 is 1.62 bits per heavy atom. The first kappa shape index (κ1) is 77.2. The summed E-state index contributed by atoms with van der Waals surface area (Å²) in [6.45, 7) is 19.9. The molecule has 0 unspecified atom stereocenters. The van der Waals surface area contributed by atoms with Gasteiger partial charge in [0, 0.05) is 30.4 Å². The molecule has 0 fully saturated rings. The number of phosphoric acid groups is 2. The number of amides is 2. The molecule has 5 N–H and O–H groups in total. The van der Waals surface area contributed by atoms with Crippen molar-refractivity contribution in [3.63, 3.8) is 0 Å². The summed E-state index contributed by atoms with van der Waals surface area (Å²) in [5.74, 6) is -1.01. The number of thiazole rings is 2. The molecule has 0 saturated carbocycles. The number of carbonyl (C=O) groups excluding carboxylic acids is 2. The monoisotopic (exact) mass is 1510 g/mol. The number of hydrogen-bond donors (Lipinski definition) is 5. The van der Waals surface area contributed by atoms with E-state index in [1.54, 1.807) is 36.6 Å². The Hall–Kier alpha value is -4.80. The van der Waals surface area contributed by atoms with Crippen molar-refractivity contribution in [2.45, 2.75) is 122 Å². The van der Waals surface area contributed by atoms with Crippen molar-refractivity contribution in [2.24, 2.45) is 19.1 Å². The molecule has 0 spiro atoms. The van der Waals surface area contributed by atoms with E-state index in [1.165, 1.54) is 56.4 Å². The summed E-state index contributed by atoms with van der Waals surface area (Å²) in [5.41, 5.74) is -0.0447. The number of halogens is 2. The Labute approximate surface area is 523 Å². The van der Waals surface area contributed by atoms with E-state index in [0.717, 1.165) is 32.7 Å². The number of benzene rings is 2. The van der Waals surface area contributed by atoms with Crippen LogP contribution in [0.15, 0.2) is 108 Å². The summed E-state index contributed by atoms with van der Waals surface area (Å²) < 4.78 is 50.2. The van der Waals surface area contributed by atoms with E-state index in [9.17, 15) is 37.9 Å². The number of nitrogens with one attached hydrogen (secondary N) is 3. The van der Waals surface area contributed by atoms with Crippen molar-refractivity contribution < 1.29 is 56.1 Å². The zero-order valence-electron chi connectivity index (χ0n) is 47.1. The van der Waals surface area contributed by atoms with E-state index in [1.807, 2.05) is 111 Å². The second kappa shape index (κ2) is 35.7. The second-order valence-corrected chi connectivity index (χ2v) is 34.2. The van der Waals surface area contributed by atoms with Crippen LogP contribution in [-0.4, -0.2) is 87.2 Å². The molecule has 0 aliphatic rings. The summed E-state index contributed by atoms with van der Waals surface area (Å²) in [5, 5.41) is 6.72. The molecule has 6 heterocycles. The van der Waals surface area contributed by atoms with Crippen LogP contribution in [0.3, 0.4) is 0 Å². The van der Waals surface area contributed by atoms with Crippen LogP contribution < -0.4 is 32.6 Å². The van der Waals surface area contributed by atoms with Crippen molar-refractivity contribution in [3.8, 4) is 22.5 Å². The maximum atomic E-state index is 12.7. The van der Waals surface area contributed by atoms with Crippen molar-refractivity contribution in [1.29, 1.82) is 0 Å². The number of H-pyrrole nitrogens is 2. The standard InChI is InChI=1S/C18H17N6O7PS.C17H14N6O3S.C10H23O4P.2C2H6.2CH4.2HI.V/c1-22-15-14(16(26)21-17(22)27)23(9-19-15)7-13(25)20-18-24(10-31-32(28,29)30)12(8-33-18)11-5-3-2-4-6-11;1-22-14-13(15(25)21-17(22)26)23(9-18-14)7-12(24)20-16-19-11(8-27-16)10-5-3-2-4-6-10;1-8-12-15(11,13-9(2,3)4)14-10(5,6)7;2*1-2;;;;;/h2-6,8-9H,7,10H2,1H3,(H,21,26,27)(H2,28,29,30);2-6,8-9H,7H2,1H3,(H,19,20,24)(H,21,25,26);8H2,1-7H3;2*1-2H3;2*1H4;2*1H;/q;;;;;;;;;+2/p-2. The zero-order chi connectivity index (χ0) is 61.8. The van der Waals surface area contributed by atoms with Crippen LogP contribution in [-0.2, 0) is 80.2 Å². The molecule has 0 bridgehead atoms. The number of phosphoric ester groups is 2. The summed E-state index contributed by atoms with van der Waals surface area (Å²) in [6, 6.07) is 18.6. The van der Waals surface area contributed by atoms with Crippen molar-refractivity contribution >= 4 is 118 Å². The van der Waals surface area contributed by atoms with E-state index in [-0.39, 0.29) is 61.0 Å². The van der Waals surface area contributed by atoms with Gasteiger partial charge in [0.05, 0.1) is 41.9 Å². The van der Waals surface area contributed by atoms with Gasteiger partial charge < -0.3 is 24.2 Å². The van der Waals surface area contributed by atoms with Gasteiger partial charge in [0.25, 0.3) is 17.0 Å². The van der Waals surface area contributed by atoms with Gasteiger partial charge in [-0.25, -0.2) is 33.7 Å². The fourth-order valence-corrected chi connectivity index (χ4v) is 10.4. The van der Waals surface area contributed by atoms with Crippen LogP contribution in [0.2, 0.25) is 0 Å². The van der Waals surface area contributed by atoms with Crippen LogP contribution in [0, 0.1) is 0 Å². The van der Waals surface area contributed by atoms with E-state index in [2.05, 4.69) is 79.7 Å². The summed E-state index contributed by atoms with van der Waals surface area (Å²) in [7, 11) is -4.68. The summed E-state index contributed by atoms with van der Waals surface area (Å²) in [4.78, 5) is 112. The van der Waals surface area contributed by atoms with Crippen LogP contribution in [0.1, 0.15) is 91.0 Å². The molecule has 0 saturated heterocycles. The number of aromatic nitrogens is 10. The average molecular weight is 1510 g/mol. The third-order valence-electron chi connectivity index (χ3n) is 9.69. The summed E-state index contributed by atoms with van der Waals surface area (Å²) in [6.07, 6.45) is 2.61.